The van der Waals surface area contributed by atoms with Crippen molar-refractivity contribution in [1.29, 1.82) is 0 Å². The van der Waals surface area contributed by atoms with Crippen LogP contribution in [-0.4, -0.2) is 34.6 Å². The van der Waals surface area contributed by atoms with Crippen molar-refractivity contribution in [2.45, 2.75) is 90.8 Å². The number of nitrogens with zero attached hydrogens (tertiary/aromatic N) is 1. The number of aliphatic hydroxyl groups excluding tert-OH is 1. The first kappa shape index (κ1) is 28.4. The number of ether oxygens (including phenoxy) is 1. The van der Waals surface area contributed by atoms with E-state index in [9.17, 15) is 9.90 Å². The number of hydrogen-bond acceptors (Lipinski definition) is 4. The third kappa shape index (κ3) is 7.56. The lowest BCUT2D eigenvalue weighted by Gasteiger charge is -2.32. The van der Waals surface area contributed by atoms with Crippen molar-refractivity contribution in [3.8, 4) is 5.75 Å². The number of carbonyl (C=O) groups is 1. The standard InChI is InChI=1S/C29H41NO3.ClH/c1-21(2)30(22(3)4)18-17-26(24-11-7-5-8-12-24)27-19-23(20-31)15-16-28(27)33-29(32)25-13-9-6-10-14-25;/h5,7-8,11-12,15-16,19,21-22,25-26,31H,6,9-10,13-14,17-18,20H2,1-4H3;1H. The number of benzene rings is 2. The minimum atomic E-state index is -0.106. The molecule has 3 rings (SSSR count). The van der Waals surface area contributed by atoms with Crippen LogP contribution in [0.4, 0.5) is 0 Å². The first-order valence-corrected chi connectivity index (χ1v) is 12.7. The van der Waals surface area contributed by atoms with Gasteiger partial charge in [0.15, 0.2) is 0 Å². The van der Waals surface area contributed by atoms with Gasteiger partial charge in [0.25, 0.3) is 0 Å². The summed E-state index contributed by atoms with van der Waals surface area (Å²) in [5.41, 5.74) is 3.03. The quantitative estimate of drug-likeness (QED) is 0.298. The van der Waals surface area contributed by atoms with Gasteiger partial charge in [0.2, 0.25) is 0 Å². The van der Waals surface area contributed by atoms with Crippen molar-refractivity contribution in [3.63, 3.8) is 0 Å². The third-order valence-electron chi connectivity index (χ3n) is 6.99. The van der Waals surface area contributed by atoms with Crippen LogP contribution < -0.4 is 4.74 Å². The number of hydrogen-bond donors (Lipinski definition) is 1. The van der Waals surface area contributed by atoms with Gasteiger partial charge in [-0.05, 0) is 76.8 Å². The summed E-state index contributed by atoms with van der Waals surface area (Å²) < 4.78 is 6.05. The SMILES string of the molecule is CC(C)N(CCC(c1ccccc1)c1cc(CO)ccc1OC(=O)C1CCCCC1)C(C)C.Cl. The van der Waals surface area contributed by atoms with Gasteiger partial charge in [-0.3, -0.25) is 9.69 Å². The Hall–Kier alpha value is -1.88. The minimum absolute atomic E-state index is 0. The molecule has 0 radical (unpaired) electrons. The predicted octanol–water partition coefficient (Wildman–Crippen LogP) is 6.73. The fourth-order valence-corrected chi connectivity index (χ4v) is 5.17. The van der Waals surface area contributed by atoms with E-state index in [4.69, 9.17) is 4.74 Å². The molecule has 1 saturated carbocycles. The maximum absolute atomic E-state index is 13.0. The molecule has 0 spiro atoms. The molecule has 2 aromatic carbocycles. The molecule has 0 saturated heterocycles. The molecule has 1 N–H and O–H groups in total. The van der Waals surface area contributed by atoms with E-state index < -0.39 is 0 Å². The normalized spacial score (nSPS) is 15.4. The molecule has 1 aliphatic rings. The fourth-order valence-electron chi connectivity index (χ4n) is 5.17. The van der Waals surface area contributed by atoms with E-state index in [1.165, 1.54) is 12.0 Å². The van der Waals surface area contributed by atoms with Gasteiger partial charge in [-0.25, -0.2) is 0 Å². The number of halogens is 1. The van der Waals surface area contributed by atoms with Gasteiger partial charge in [-0.15, -0.1) is 12.4 Å². The Morgan fingerprint density at radius 3 is 2.24 bits per heavy atom. The van der Waals surface area contributed by atoms with Crippen molar-refractivity contribution in [2.24, 2.45) is 5.92 Å². The maximum atomic E-state index is 13.0. The van der Waals surface area contributed by atoms with Crippen molar-refractivity contribution in [1.82, 2.24) is 4.90 Å². The Bertz CT molecular complexity index is 870. The summed E-state index contributed by atoms with van der Waals surface area (Å²) in [6.07, 6.45) is 6.15. The van der Waals surface area contributed by atoms with Gasteiger partial charge in [-0.2, -0.15) is 0 Å². The van der Waals surface area contributed by atoms with Crippen molar-refractivity contribution in [2.75, 3.05) is 6.54 Å². The molecule has 0 bridgehead atoms. The molecule has 0 amide bonds. The molecule has 0 aliphatic heterocycles. The Balaban J connectivity index is 0.00000408. The third-order valence-corrected chi connectivity index (χ3v) is 6.99. The molecule has 188 valence electrons. The van der Waals surface area contributed by atoms with Gasteiger partial charge in [0.05, 0.1) is 12.5 Å². The summed E-state index contributed by atoms with van der Waals surface area (Å²) in [7, 11) is 0. The highest BCUT2D eigenvalue weighted by Gasteiger charge is 2.27. The second-order valence-corrected chi connectivity index (χ2v) is 9.96. The molecule has 1 unspecified atom stereocenters. The second kappa shape index (κ2) is 13.9. The Morgan fingerprint density at radius 2 is 1.65 bits per heavy atom. The van der Waals surface area contributed by atoms with Crippen LogP contribution in [-0.2, 0) is 11.4 Å². The van der Waals surface area contributed by atoms with E-state index >= 15 is 0 Å². The molecule has 0 heterocycles. The molecule has 0 aromatic heterocycles. The first-order chi connectivity index (χ1) is 15.9. The molecular weight excluding hydrogens is 446 g/mol. The highest BCUT2D eigenvalue weighted by molar-refractivity contribution is 5.85. The molecule has 1 atom stereocenters. The van der Waals surface area contributed by atoms with E-state index in [1.54, 1.807) is 0 Å². The van der Waals surface area contributed by atoms with Crippen LogP contribution in [0.1, 0.15) is 88.8 Å². The van der Waals surface area contributed by atoms with Gasteiger partial charge in [-0.1, -0.05) is 55.7 Å². The van der Waals surface area contributed by atoms with Crippen molar-refractivity contribution >= 4 is 18.4 Å². The zero-order valence-electron chi connectivity index (χ0n) is 21.2. The van der Waals surface area contributed by atoms with Crippen LogP contribution in [0, 0.1) is 5.92 Å². The maximum Gasteiger partial charge on any atom is 0.314 e. The van der Waals surface area contributed by atoms with Gasteiger partial charge >= 0.3 is 5.97 Å². The monoisotopic (exact) mass is 487 g/mol. The summed E-state index contributed by atoms with van der Waals surface area (Å²) in [5, 5.41) is 9.84. The first-order valence-electron chi connectivity index (χ1n) is 12.7. The number of esters is 1. The molecule has 1 fully saturated rings. The van der Waals surface area contributed by atoms with E-state index in [2.05, 4.69) is 56.9 Å². The fraction of sp³-hybridized carbons (Fsp3) is 0.552. The molecule has 4 nitrogen and oxygen atoms in total. The largest absolute Gasteiger partial charge is 0.426 e. The van der Waals surface area contributed by atoms with E-state index in [1.807, 2.05) is 24.3 Å². The van der Waals surface area contributed by atoms with Crippen LogP contribution in [0.15, 0.2) is 48.5 Å². The zero-order chi connectivity index (χ0) is 23.8. The topological polar surface area (TPSA) is 49.8 Å². The summed E-state index contributed by atoms with van der Waals surface area (Å²) >= 11 is 0. The molecule has 2 aromatic rings. The molecular formula is C29H42ClNO3. The second-order valence-electron chi connectivity index (χ2n) is 9.96. The average Bonchev–Trinajstić information content (AvgIpc) is 2.83. The lowest BCUT2D eigenvalue weighted by molar-refractivity contribution is -0.140. The predicted molar refractivity (Wildman–Crippen MR) is 142 cm³/mol. The van der Waals surface area contributed by atoms with Crippen LogP contribution in [0.25, 0.3) is 0 Å². The Kier molecular flexibility index (Phi) is 11.6. The van der Waals surface area contributed by atoms with Crippen LogP contribution in [0.3, 0.4) is 0 Å². The van der Waals surface area contributed by atoms with E-state index in [-0.39, 0.29) is 36.8 Å². The summed E-state index contributed by atoms with van der Waals surface area (Å²) in [5.74, 6) is 0.603. The van der Waals surface area contributed by atoms with Crippen molar-refractivity contribution in [3.05, 3.63) is 65.2 Å². The number of rotatable bonds is 10. The highest BCUT2D eigenvalue weighted by Crippen LogP contribution is 2.37. The number of aliphatic hydroxyl groups is 1. The lowest BCUT2D eigenvalue weighted by atomic mass is 9.86. The number of carbonyl (C=O) groups excluding carboxylic acids is 1. The summed E-state index contributed by atoms with van der Waals surface area (Å²) in [6.45, 7) is 9.86. The van der Waals surface area contributed by atoms with E-state index in [0.29, 0.717) is 17.8 Å². The molecule has 34 heavy (non-hydrogen) atoms. The van der Waals surface area contributed by atoms with Crippen LogP contribution in [0.5, 0.6) is 5.75 Å². The van der Waals surface area contributed by atoms with Crippen LogP contribution in [0.2, 0.25) is 0 Å². The highest BCUT2D eigenvalue weighted by atomic mass is 35.5. The zero-order valence-corrected chi connectivity index (χ0v) is 22.0. The van der Waals surface area contributed by atoms with Gasteiger partial charge in [0.1, 0.15) is 5.75 Å². The lowest BCUT2D eigenvalue weighted by Crippen LogP contribution is -2.38. The Morgan fingerprint density at radius 1 is 1.00 bits per heavy atom. The minimum Gasteiger partial charge on any atom is -0.426 e. The Labute approximate surface area is 212 Å². The van der Waals surface area contributed by atoms with Crippen molar-refractivity contribution < 1.29 is 14.6 Å². The smallest absolute Gasteiger partial charge is 0.314 e. The summed E-state index contributed by atoms with van der Waals surface area (Å²) in [4.78, 5) is 15.5. The molecule has 5 heteroatoms. The van der Waals surface area contributed by atoms with Gasteiger partial charge in [0, 0.05) is 23.6 Å². The molecule has 1 aliphatic carbocycles. The van der Waals surface area contributed by atoms with E-state index in [0.717, 1.165) is 49.8 Å². The van der Waals surface area contributed by atoms with Gasteiger partial charge < -0.3 is 9.84 Å². The van der Waals surface area contributed by atoms with Crippen LogP contribution >= 0.6 is 12.4 Å². The average molecular weight is 488 g/mol. The summed E-state index contributed by atoms with van der Waals surface area (Å²) in [6, 6.07) is 17.1.